The number of rotatable bonds is 0. The number of hydrogen-bond acceptors (Lipinski definition) is 3. The fourth-order valence-corrected chi connectivity index (χ4v) is 0.848. The largest absolute Gasteiger partial charge is 0.486 e. The monoisotopic (exact) mass is 125 g/mol. The first kappa shape index (κ1) is 4.67. The molecule has 0 unspecified atom stereocenters. The van der Waals surface area contributed by atoms with E-state index in [-0.39, 0.29) is 0 Å². The molecule has 1 aliphatic rings. The molecule has 0 amide bonds. The fourth-order valence-electron chi connectivity index (χ4n) is 0.848. The van der Waals surface area contributed by atoms with Crippen LogP contribution in [0.4, 0.5) is 5.82 Å². The summed E-state index contributed by atoms with van der Waals surface area (Å²) in [6.07, 6.45) is 1.67. The minimum atomic E-state index is 0.729. The molecule has 1 aromatic rings. The number of aromatic amines is 1. The van der Waals surface area contributed by atoms with Gasteiger partial charge in [0.15, 0.2) is 11.6 Å². The molecule has 0 aromatic carbocycles. The third-order valence-electron chi connectivity index (χ3n) is 1.27. The van der Waals surface area contributed by atoms with E-state index in [0.717, 1.165) is 24.7 Å². The second-order valence-corrected chi connectivity index (χ2v) is 1.88. The third kappa shape index (κ3) is 0.630. The van der Waals surface area contributed by atoms with Gasteiger partial charge in [-0.1, -0.05) is 0 Å². The van der Waals surface area contributed by atoms with Gasteiger partial charge in [0.25, 0.3) is 0 Å². The summed E-state index contributed by atoms with van der Waals surface area (Å²) in [6.45, 7) is 1.59. The van der Waals surface area contributed by atoms with E-state index in [1.54, 1.807) is 6.20 Å². The number of aromatic nitrogens is 2. The molecule has 0 saturated carbocycles. The molecule has 1 aromatic heterocycles. The Morgan fingerprint density at radius 3 is 3.56 bits per heavy atom. The van der Waals surface area contributed by atoms with Crippen molar-refractivity contribution in [2.45, 2.75) is 0 Å². The maximum absolute atomic E-state index is 5.21. The molecule has 4 heteroatoms. The van der Waals surface area contributed by atoms with E-state index in [1.165, 1.54) is 0 Å². The molecule has 0 saturated heterocycles. The van der Waals surface area contributed by atoms with Crippen LogP contribution in [0.25, 0.3) is 0 Å². The lowest BCUT2D eigenvalue weighted by molar-refractivity contribution is 0.323. The Morgan fingerprint density at radius 1 is 1.67 bits per heavy atom. The first-order valence-corrected chi connectivity index (χ1v) is 2.87. The molecule has 0 radical (unpaired) electrons. The molecule has 0 aliphatic carbocycles. The molecule has 0 spiro atoms. The smallest absolute Gasteiger partial charge is 0.181 e. The third-order valence-corrected chi connectivity index (χ3v) is 1.27. The van der Waals surface area contributed by atoms with Crippen molar-refractivity contribution in [3.8, 4) is 5.75 Å². The van der Waals surface area contributed by atoms with Gasteiger partial charge in [-0.05, 0) is 0 Å². The lowest BCUT2D eigenvalue weighted by Crippen LogP contribution is -2.17. The Kier molecular flexibility index (Phi) is 0.855. The van der Waals surface area contributed by atoms with Crippen LogP contribution in [0.3, 0.4) is 0 Å². The van der Waals surface area contributed by atoms with E-state index in [2.05, 4.69) is 15.5 Å². The van der Waals surface area contributed by atoms with Crippen molar-refractivity contribution in [2.75, 3.05) is 18.5 Å². The Balaban J connectivity index is 2.39. The van der Waals surface area contributed by atoms with Crippen LogP contribution in [-0.2, 0) is 0 Å². The normalized spacial score (nSPS) is 15.6. The van der Waals surface area contributed by atoms with Gasteiger partial charge in [-0.3, -0.25) is 5.10 Å². The number of anilines is 1. The second kappa shape index (κ2) is 1.65. The van der Waals surface area contributed by atoms with Crippen LogP contribution in [0, 0.1) is 0 Å². The number of hydrogen-bond donors (Lipinski definition) is 2. The van der Waals surface area contributed by atoms with Crippen LogP contribution in [0.2, 0.25) is 0 Å². The molecule has 2 rings (SSSR count). The lowest BCUT2D eigenvalue weighted by atomic mass is 10.5. The van der Waals surface area contributed by atoms with Crippen molar-refractivity contribution < 1.29 is 4.74 Å². The first-order chi connectivity index (χ1) is 4.47. The summed E-state index contributed by atoms with van der Waals surface area (Å²) >= 11 is 0. The average Bonchev–Trinajstić information content (AvgIpc) is 2.33. The van der Waals surface area contributed by atoms with Crippen molar-refractivity contribution in [3.63, 3.8) is 0 Å². The molecular weight excluding hydrogens is 118 g/mol. The molecule has 48 valence electrons. The van der Waals surface area contributed by atoms with Crippen LogP contribution >= 0.6 is 0 Å². The van der Waals surface area contributed by atoms with Gasteiger partial charge in [0, 0.05) is 0 Å². The van der Waals surface area contributed by atoms with E-state index in [1.807, 2.05) is 0 Å². The van der Waals surface area contributed by atoms with Gasteiger partial charge in [-0.2, -0.15) is 5.10 Å². The Bertz CT molecular complexity index is 187. The standard InChI is InChI=1S/C5H7N3O/c1-2-9-4-3-7-8-5(4)6-1/h3H,1-2H2,(H2,6,7,8). The highest BCUT2D eigenvalue weighted by molar-refractivity contribution is 5.49. The highest BCUT2D eigenvalue weighted by Gasteiger charge is 2.09. The van der Waals surface area contributed by atoms with E-state index < -0.39 is 0 Å². The average molecular weight is 125 g/mol. The van der Waals surface area contributed by atoms with Crippen LogP contribution in [0.1, 0.15) is 0 Å². The molecule has 0 bridgehead atoms. The highest BCUT2D eigenvalue weighted by atomic mass is 16.5. The Hall–Kier alpha value is -1.19. The zero-order valence-electron chi connectivity index (χ0n) is 4.85. The summed E-state index contributed by atoms with van der Waals surface area (Å²) in [5.41, 5.74) is 0. The summed E-state index contributed by atoms with van der Waals surface area (Å²) in [7, 11) is 0. The quantitative estimate of drug-likeness (QED) is 0.521. The maximum Gasteiger partial charge on any atom is 0.181 e. The number of nitrogens with zero attached hydrogens (tertiary/aromatic N) is 1. The number of H-pyrrole nitrogens is 1. The van der Waals surface area contributed by atoms with Crippen molar-refractivity contribution in [1.29, 1.82) is 0 Å². The molecule has 4 nitrogen and oxygen atoms in total. The summed E-state index contributed by atoms with van der Waals surface area (Å²) in [6, 6.07) is 0. The van der Waals surface area contributed by atoms with Crippen molar-refractivity contribution in [2.24, 2.45) is 0 Å². The number of fused-ring (bicyclic) bond motifs is 1. The minimum Gasteiger partial charge on any atom is -0.486 e. The molecular formula is C5H7N3O. The van der Waals surface area contributed by atoms with Crippen molar-refractivity contribution in [1.82, 2.24) is 10.2 Å². The Labute approximate surface area is 52.2 Å². The van der Waals surface area contributed by atoms with Crippen LogP contribution < -0.4 is 10.1 Å². The van der Waals surface area contributed by atoms with Gasteiger partial charge in [0.2, 0.25) is 0 Å². The van der Waals surface area contributed by atoms with Gasteiger partial charge < -0.3 is 10.1 Å². The van der Waals surface area contributed by atoms with Gasteiger partial charge in [-0.25, -0.2) is 0 Å². The topological polar surface area (TPSA) is 49.9 Å². The highest BCUT2D eigenvalue weighted by Crippen LogP contribution is 2.22. The van der Waals surface area contributed by atoms with Gasteiger partial charge in [0.1, 0.15) is 6.61 Å². The summed E-state index contributed by atoms with van der Waals surface area (Å²) < 4.78 is 5.21. The van der Waals surface area contributed by atoms with E-state index in [4.69, 9.17) is 4.74 Å². The first-order valence-electron chi connectivity index (χ1n) is 2.87. The van der Waals surface area contributed by atoms with Gasteiger partial charge in [-0.15, -0.1) is 0 Å². The zero-order valence-corrected chi connectivity index (χ0v) is 4.85. The van der Waals surface area contributed by atoms with Crippen LogP contribution in [0.15, 0.2) is 6.20 Å². The summed E-state index contributed by atoms with van der Waals surface area (Å²) in [5.74, 6) is 1.71. The molecule has 9 heavy (non-hydrogen) atoms. The maximum atomic E-state index is 5.21. The van der Waals surface area contributed by atoms with Crippen molar-refractivity contribution in [3.05, 3.63) is 6.20 Å². The predicted molar refractivity (Wildman–Crippen MR) is 32.6 cm³/mol. The van der Waals surface area contributed by atoms with Crippen LogP contribution in [0.5, 0.6) is 5.75 Å². The molecule has 2 N–H and O–H groups in total. The fraction of sp³-hybridized carbons (Fsp3) is 0.400. The predicted octanol–water partition coefficient (Wildman–Crippen LogP) is 0.214. The lowest BCUT2D eigenvalue weighted by Gasteiger charge is -2.12. The summed E-state index contributed by atoms with van der Waals surface area (Å²) in [4.78, 5) is 0. The van der Waals surface area contributed by atoms with E-state index in [9.17, 15) is 0 Å². The zero-order chi connectivity index (χ0) is 6.10. The summed E-state index contributed by atoms with van der Waals surface area (Å²) in [5, 5.41) is 9.66. The SMILES string of the molecule is c1n[nH]c2c1OCCN2. The second-order valence-electron chi connectivity index (χ2n) is 1.88. The number of ether oxygens (including phenoxy) is 1. The Morgan fingerprint density at radius 2 is 2.67 bits per heavy atom. The molecule has 2 heterocycles. The van der Waals surface area contributed by atoms with Gasteiger partial charge in [0.05, 0.1) is 12.7 Å². The van der Waals surface area contributed by atoms with Crippen LogP contribution in [-0.4, -0.2) is 23.3 Å². The van der Waals surface area contributed by atoms with Crippen molar-refractivity contribution >= 4 is 5.82 Å². The molecule has 1 aliphatic heterocycles. The molecule has 0 fully saturated rings. The van der Waals surface area contributed by atoms with E-state index >= 15 is 0 Å². The minimum absolute atomic E-state index is 0.729. The molecule has 0 atom stereocenters. The van der Waals surface area contributed by atoms with E-state index in [0.29, 0.717) is 0 Å². The van der Waals surface area contributed by atoms with Gasteiger partial charge >= 0.3 is 0 Å². The number of nitrogens with one attached hydrogen (secondary N) is 2.